The zero-order valence-electron chi connectivity index (χ0n) is 22.3. The summed E-state index contributed by atoms with van der Waals surface area (Å²) < 4.78 is 33.9. The summed E-state index contributed by atoms with van der Waals surface area (Å²) in [6, 6.07) is 11.3. The summed E-state index contributed by atoms with van der Waals surface area (Å²) in [6.45, 7) is 4.55. The van der Waals surface area contributed by atoms with Crippen LogP contribution in [0, 0.1) is 17.8 Å². The van der Waals surface area contributed by atoms with E-state index in [2.05, 4.69) is 16.5 Å². The van der Waals surface area contributed by atoms with E-state index in [9.17, 15) is 13.2 Å². The van der Waals surface area contributed by atoms with Gasteiger partial charge in [0.2, 0.25) is 10.0 Å². The van der Waals surface area contributed by atoms with Gasteiger partial charge in [-0.3, -0.25) is 4.79 Å². The van der Waals surface area contributed by atoms with Gasteiger partial charge in [-0.15, -0.1) is 0 Å². The normalized spacial score (nSPS) is 26.4. The Morgan fingerprint density at radius 3 is 2.66 bits per heavy atom. The van der Waals surface area contributed by atoms with E-state index in [0.29, 0.717) is 36.3 Å². The standard InChI is InChI=1S/C30H39ClN2O4S/c1-21-7-3-2-6-16-38(35,36)32-30(34)23-11-14-29-28(18-23)33(19-24-10-13-27(21)24)15-5-4-8-22-17-26(31)12-9-25(22)20-37-29/h9,11-12,14,17-18,21,24,27H,2-8,10,13,15-16,19-20H2,1H3,(H,32,34)/t21-,24+,27+/m1/s1. The highest BCUT2D eigenvalue weighted by Crippen LogP contribution is 2.43. The van der Waals surface area contributed by atoms with Crippen molar-refractivity contribution in [2.45, 2.75) is 71.3 Å². The molecule has 2 aromatic rings. The number of ether oxygens (including phenoxy) is 1. The van der Waals surface area contributed by atoms with E-state index in [-0.39, 0.29) is 5.75 Å². The predicted molar refractivity (Wildman–Crippen MR) is 152 cm³/mol. The second kappa shape index (κ2) is 11.9. The number of halogens is 1. The van der Waals surface area contributed by atoms with Crippen molar-refractivity contribution in [1.29, 1.82) is 0 Å². The van der Waals surface area contributed by atoms with E-state index in [1.54, 1.807) is 6.07 Å². The van der Waals surface area contributed by atoms with Crippen LogP contribution in [0.25, 0.3) is 0 Å². The highest BCUT2D eigenvalue weighted by atomic mass is 35.5. The Balaban J connectivity index is 1.51. The van der Waals surface area contributed by atoms with Gasteiger partial charge in [0.25, 0.3) is 5.91 Å². The van der Waals surface area contributed by atoms with Gasteiger partial charge in [0, 0.05) is 23.7 Å². The van der Waals surface area contributed by atoms with E-state index in [0.717, 1.165) is 73.6 Å². The minimum absolute atomic E-state index is 0.0250. The lowest BCUT2D eigenvalue weighted by atomic mass is 9.66. The van der Waals surface area contributed by atoms with Crippen molar-refractivity contribution in [3.05, 3.63) is 58.1 Å². The fourth-order valence-electron chi connectivity index (χ4n) is 6.33. The Bertz CT molecular complexity index is 1260. The number of aryl methyl sites for hydroxylation is 1. The molecule has 2 heterocycles. The summed E-state index contributed by atoms with van der Waals surface area (Å²) >= 11 is 6.30. The van der Waals surface area contributed by atoms with E-state index in [1.165, 1.54) is 18.4 Å². The zero-order chi connectivity index (χ0) is 26.7. The first-order valence-electron chi connectivity index (χ1n) is 14.1. The number of rotatable bonds is 0. The van der Waals surface area contributed by atoms with Crippen LogP contribution in [0.5, 0.6) is 5.75 Å². The number of carbonyl (C=O) groups is 1. The van der Waals surface area contributed by atoms with Gasteiger partial charge in [-0.2, -0.15) is 0 Å². The molecule has 206 valence electrons. The molecule has 1 saturated carbocycles. The molecule has 5 rings (SSSR count). The Hall–Kier alpha value is -2.25. The predicted octanol–water partition coefficient (Wildman–Crippen LogP) is 6.36. The van der Waals surface area contributed by atoms with Gasteiger partial charge in [-0.1, -0.05) is 43.9 Å². The first-order chi connectivity index (χ1) is 18.3. The Morgan fingerprint density at radius 2 is 1.84 bits per heavy atom. The SMILES string of the molecule is C[C@@H]1CCCCCS(=O)(=O)NC(=O)c2ccc3c(c2)N(CCCCc2cc(Cl)ccc2CO3)C[C@@H]2CC[C@H]21. The lowest BCUT2D eigenvalue weighted by Crippen LogP contribution is -2.41. The maximum Gasteiger partial charge on any atom is 0.264 e. The van der Waals surface area contributed by atoms with Gasteiger partial charge < -0.3 is 9.64 Å². The molecule has 3 atom stereocenters. The van der Waals surface area contributed by atoms with Crippen molar-refractivity contribution < 1.29 is 17.9 Å². The number of fused-ring (bicyclic) bond motifs is 3. The molecule has 0 aromatic heterocycles. The highest BCUT2D eigenvalue weighted by Gasteiger charge is 2.36. The number of nitrogens with zero attached hydrogens (tertiary/aromatic N) is 1. The first-order valence-corrected chi connectivity index (χ1v) is 16.2. The van der Waals surface area contributed by atoms with Gasteiger partial charge in [-0.05, 0) is 97.7 Å². The quantitative estimate of drug-likeness (QED) is 0.407. The molecule has 3 aliphatic rings. The van der Waals surface area contributed by atoms with Crippen LogP contribution in [0.2, 0.25) is 5.02 Å². The van der Waals surface area contributed by atoms with Crippen LogP contribution in [0.15, 0.2) is 36.4 Å². The molecular weight excluding hydrogens is 520 g/mol. The van der Waals surface area contributed by atoms with Gasteiger partial charge >= 0.3 is 0 Å². The molecule has 6 nitrogen and oxygen atoms in total. The molecular formula is C30H39ClN2O4S. The Kier molecular flexibility index (Phi) is 8.53. The van der Waals surface area contributed by atoms with Crippen LogP contribution in [0.1, 0.15) is 79.8 Å². The van der Waals surface area contributed by atoms with Crippen molar-refractivity contribution in [1.82, 2.24) is 4.72 Å². The molecule has 1 N–H and O–H groups in total. The lowest BCUT2D eigenvalue weighted by molar-refractivity contribution is 0.0981. The third-order valence-electron chi connectivity index (χ3n) is 8.72. The summed E-state index contributed by atoms with van der Waals surface area (Å²) in [4.78, 5) is 15.4. The van der Waals surface area contributed by atoms with Crippen LogP contribution in [0.3, 0.4) is 0 Å². The summed E-state index contributed by atoms with van der Waals surface area (Å²) in [6.07, 6.45) is 9.05. The van der Waals surface area contributed by atoms with Crippen LogP contribution >= 0.6 is 11.6 Å². The summed E-state index contributed by atoms with van der Waals surface area (Å²) in [5, 5.41) is 0.736. The third kappa shape index (κ3) is 6.48. The molecule has 1 fully saturated rings. The number of benzene rings is 2. The molecule has 1 amide bonds. The number of sulfonamides is 1. The highest BCUT2D eigenvalue weighted by molar-refractivity contribution is 7.90. The van der Waals surface area contributed by atoms with E-state index in [4.69, 9.17) is 16.3 Å². The minimum atomic E-state index is -3.69. The molecule has 0 radical (unpaired) electrons. The third-order valence-corrected chi connectivity index (χ3v) is 10.3. The van der Waals surface area contributed by atoms with Crippen LogP contribution in [-0.4, -0.2) is 33.2 Å². The molecule has 1 aliphatic carbocycles. The van der Waals surface area contributed by atoms with Crippen molar-refractivity contribution in [3.63, 3.8) is 0 Å². The molecule has 0 saturated heterocycles. The molecule has 38 heavy (non-hydrogen) atoms. The maximum atomic E-state index is 13.0. The lowest BCUT2D eigenvalue weighted by Gasteiger charge is -2.44. The van der Waals surface area contributed by atoms with Gasteiger partial charge in [0.05, 0.1) is 11.4 Å². The number of hydrogen-bond acceptors (Lipinski definition) is 5. The average molecular weight is 559 g/mol. The van der Waals surface area contributed by atoms with Crippen molar-refractivity contribution in [2.75, 3.05) is 23.7 Å². The number of carbonyl (C=O) groups excluding carboxylic acids is 1. The van der Waals surface area contributed by atoms with Crippen LogP contribution < -0.4 is 14.4 Å². The van der Waals surface area contributed by atoms with Crippen LogP contribution in [0.4, 0.5) is 5.69 Å². The average Bonchev–Trinajstić information content (AvgIpc) is 2.88. The van der Waals surface area contributed by atoms with E-state index in [1.807, 2.05) is 30.3 Å². The molecule has 0 spiro atoms. The fraction of sp³-hybridized carbons (Fsp3) is 0.567. The molecule has 2 bridgehead atoms. The summed E-state index contributed by atoms with van der Waals surface area (Å²) in [7, 11) is -3.69. The van der Waals surface area contributed by atoms with Gasteiger partial charge in [0.15, 0.2) is 0 Å². The Morgan fingerprint density at radius 1 is 0.974 bits per heavy atom. The minimum Gasteiger partial charge on any atom is -0.487 e. The summed E-state index contributed by atoms with van der Waals surface area (Å²) in [5.74, 6) is 2.05. The molecule has 0 unspecified atom stereocenters. The monoisotopic (exact) mass is 558 g/mol. The zero-order valence-corrected chi connectivity index (χ0v) is 23.8. The largest absolute Gasteiger partial charge is 0.487 e. The van der Waals surface area contributed by atoms with Gasteiger partial charge in [0.1, 0.15) is 12.4 Å². The molecule has 8 heteroatoms. The van der Waals surface area contributed by atoms with Crippen LogP contribution in [-0.2, 0) is 23.1 Å². The van der Waals surface area contributed by atoms with E-state index < -0.39 is 15.9 Å². The molecule has 2 aromatic carbocycles. The number of anilines is 1. The summed E-state index contributed by atoms with van der Waals surface area (Å²) in [5.41, 5.74) is 3.54. The number of nitrogens with one attached hydrogen (secondary N) is 1. The molecule has 2 aliphatic heterocycles. The van der Waals surface area contributed by atoms with Crippen molar-refractivity contribution >= 4 is 33.2 Å². The van der Waals surface area contributed by atoms with Gasteiger partial charge in [-0.25, -0.2) is 13.1 Å². The second-order valence-electron chi connectivity index (χ2n) is 11.4. The van der Waals surface area contributed by atoms with E-state index >= 15 is 0 Å². The topological polar surface area (TPSA) is 75.7 Å². The fourth-order valence-corrected chi connectivity index (χ4v) is 7.61. The number of amides is 1. The number of hydrogen-bond donors (Lipinski definition) is 1. The smallest absolute Gasteiger partial charge is 0.264 e. The van der Waals surface area contributed by atoms with Crippen molar-refractivity contribution in [3.8, 4) is 5.75 Å². The first kappa shape index (κ1) is 27.3. The Labute approximate surface area is 232 Å². The second-order valence-corrected chi connectivity index (χ2v) is 13.6. The maximum absolute atomic E-state index is 13.0. The van der Waals surface area contributed by atoms with Crippen molar-refractivity contribution in [2.24, 2.45) is 17.8 Å².